The molecule has 0 bridgehead atoms. The standard InChI is InChI=1S/C11H7BrF4N2/c12-10-17-4-5-18(10)6-7-2-1-3-8(9(7)13)11(14,15)16/h1-5H,6H2. The molecule has 0 saturated heterocycles. The maximum absolute atomic E-state index is 13.7. The number of benzene rings is 1. The first-order valence-electron chi connectivity index (χ1n) is 4.91. The lowest BCUT2D eigenvalue weighted by molar-refractivity contribution is -0.140. The molecular formula is C11H7BrF4N2. The molecule has 1 aromatic carbocycles. The van der Waals surface area contributed by atoms with Crippen LogP contribution in [0.2, 0.25) is 0 Å². The number of nitrogens with zero attached hydrogens (tertiary/aromatic N) is 2. The van der Waals surface area contributed by atoms with Crippen molar-refractivity contribution in [1.29, 1.82) is 0 Å². The summed E-state index contributed by atoms with van der Waals surface area (Å²) in [7, 11) is 0. The van der Waals surface area contributed by atoms with Crippen LogP contribution in [0.4, 0.5) is 17.6 Å². The lowest BCUT2D eigenvalue weighted by Crippen LogP contribution is -2.11. The van der Waals surface area contributed by atoms with Crippen LogP contribution in [0.5, 0.6) is 0 Å². The van der Waals surface area contributed by atoms with Gasteiger partial charge >= 0.3 is 6.18 Å². The molecule has 1 heterocycles. The van der Waals surface area contributed by atoms with E-state index in [0.717, 1.165) is 6.07 Å². The van der Waals surface area contributed by atoms with E-state index < -0.39 is 17.6 Å². The first kappa shape index (κ1) is 13.1. The van der Waals surface area contributed by atoms with Crippen LogP contribution in [0.1, 0.15) is 11.1 Å². The highest BCUT2D eigenvalue weighted by Gasteiger charge is 2.34. The Kier molecular flexibility index (Phi) is 3.43. The summed E-state index contributed by atoms with van der Waals surface area (Å²) in [6.45, 7) is -0.0175. The van der Waals surface area contributed by atoms with Gasteiger partial charge in [-0.3, -0.25) is 0 Å². The van der Waals surface area contributed by atoms with Crippen LogP contribution in [-0.4, -0.2) is 9.55 Å². The number of halogens is 5. The Labute approximate surface area is 108 Å². The van der Waals surface area contributed by atoms with Gasteiger partial charge in [-0.1, -0.05) is 12.1 Å². The van der Waals surface area contributed by atoms with E-state index in [1.807, 2.05) is 0 Å². The van der Waals surface area contributed by atoms with Gasteiger partial charge in [0.15, 0.2) is 4.73 Å². The number of rotatable bonds is 2. The van der Waals surface area contributed by atoms with Gasteiger partial charge in [0.25, 0.3) is 0 Å². The quantitative estimate of drug-likeness (QED) is 0.768. The molecular weight excluding hydrogens is 316 g/mol. The molecule has 7 heteroatoms. The Balaban J connectivity index is 2.38. The Hall–Kier alpha value is -1.37. The summed E-state index contributed by atoms with van der Waals surface area (Å²) in [6.07, 6.45) is -1.67. The molecule has 0 fully saturated rings. The van der Waals surface area contributed by atoms with Gasteiger partial charge in [0.2, 0.25) is 0 Å². The summed E-state index contributed by atoms with van der Waals surface area (Å²) in [5.41, 5.74) is -1.29. The van der Waals surface area contributed by atoms with E-state index in [-0.39, 0.29) is 12.1 Å². The smallest absolute Gasteiger partial charge is 0.321 e. The van der Waals surface area contributed by atoms with Crippen LogP contribution in [-0.2, 0) is 12.7 Å². The third kappa shape index (κ3) is 2.55. The van der Waals surface area contributed by atoms with Gasteiger partial charge in [-0.05, 0) is 22.0 Å². The number of imidazole rings is 1. The maximum Gasteiger partial charge on any atom is 0.419 e. The van der Waals surface area contributed by atoms with Crippen LogP contribution < -0.4 is 0 Å². The fourth-order valence-corrected chi connectivity index (χ4v) is 1.90. The van der Waals surface area contributed by atoms with Crippen molar-refractivity contribution < 1.29 is 17.6 Å². The normalized spacial score (nSPS) is 11.8. The SMILES string of the molecule is Fc1c(Cn2ccnc2Br)cccc1C(F)(F)F. The first-order chi connectivity index (χ1) is 8.39. The minimum atomic E-state index is -4.69. The van der Waals surface area contributed by atoms with E-state index in [0.29, 0.717) is 4.73 Å². The summed E-state index contributed by atoms with van der Waals surface area (Å²) in [6, 6.07) is 3.23. The topological polar surface area (TPSA) is 17.8 Å². The molecule has 2 aromatic rings. The lowest BCUT2D eigenvalue weighted by Gasteiger charge is -2.11. The second-order valence-electron chi connectivity index (χ2n) is 3.60. The minimum Gasteiger partial charge on any atom is -0.321 e. The van der Waals surface area contributed by atoms with Gasteiger partial charge in [0.05, 0.1) is 12.1 Å². The molecule has 0 N–H and O–H groups in total. The van der Waals surface area contributed by atoms with Gasteiger partial charge in [-0.15, -0.1) is 0 Å². The van der Waals surface area contributed by atoms with Crippen molar-refractivity contribution in [3.8, 4) is 0 Å². The van der Waals surface area contributed by atoms with Gasteiger partial charge in [-0.25, -0.2) is 9.37 Å². The molecule has 0 saturated carbocycles. The second kappa shape index (κ2) is 4.72. The van der Waals surface area contributed by atoms with E-state index in [9.17, 15) is 17.6 Å². The molecule has 0 aliphatic heterocycles. The van der Waals surface area contributed by atoms with Crippen molar-refractivity contribution in [3.05, 3.63) is 52.3 Å². The number of hydrogen-bond acceptors (Lipinski definition) is 1. The highest BCUT2D eigenvalue weighted by atomic mass is 79.9. The van der Waals surface area contributed by atoms with E-state index in [1.165, 1.54) is 22.9 Å². The Bertz CT molecular complexity index is 562. The van der Waals surface area contributed by atoms with Crippen LogP contribution in [0, 0.1) is 5.82 Å². The van der Waals surface area contributed by atoms with E-state index in [4.69, 9.17) is 0 Å². The summed E-state index contributed by atoms with van der Waals surface area (Å²) in [4.78, 5) is 3.85. The average Bonchev–Trinajstić information content (AvgIpc) is 2.66. The first-order valence-corrected chi connectivity index (χ1v) is 5.70. The van der Waals surface area contributed by atoms with Crippen molar-refractivity contribution in [2.24, 2.45) is 0 Å². The predicted molar refractivity (Wildman–Crippen MR) is 60.4 cm³/mol. The Morgan fingerprint density at radius 1 is 1.28 bits per heavy atom. The third-order valence-corrected chi connectivity index (χ3v) is 3.05. The molecule has 18 heavy (non-hydrogen) atoms. The zero-order valence-electron chi connectivity index (χ0n) is 8.88. The third-order valence-electron chi connectivity index (χ3n) is 2.39. The van der Waals surface area contributed by atoms with Crippen molar-refractivity contribution in [2.45, 2.75) is 12.7 Å². The van der Waals surface area contributed by atoms with Gasteiger partial charge in [0.1, 0.15) is 5.82 Å². The van der Waals surface area contributed by atoms with E-state index in [1.54, 1.807) is 6.20 Å². The van der Waals surface area contributed by atoms with Crippen LogP contribution in [0.3, 0.4) is 0 Å². The number of hydrogen-bond donors (Lipinski definition) is 0. The maximum atomic E-state index is 13.7. The Morgan fingerprint density at radius 2 is 2.00 bits per heavy atom. The van der Waals surface area contributed by atoms with Crippen LogP contribution in [0.25, 0.3) is 0 Å². The van der Waals surface area contributed by atoms with Crippen molar-refractivity contribution >= 4 is 15.9 Å². The fourth-order valence-electron chi connectivity index (χ4n) is 1.53. The van der Waals surface area contributed by atoms with Gasteiger partial charge < -0.3 is 4.57 Å². The molecule has 2 rings (SSSR count). The summed E-state index contributed by atoms with van der Waals surface area (Å²) >= 11 is 3.11. The molecule has 0 amide bonds. The summed E-state index contributed by atoms with van der Waals surface area (Å²) in [5, 5.41) is 0. The predicted octanol–water partition coefficient (Wildman–Crippen LogP) is 3.85. The molecule has 0 aliphatic carbocycles. The van der Waals surface area contributed by atoms with Crippen molar-refractivity contribution in [2.75, 3.05) is 0 Å². The molecule has 96 valence electrons. The van der Waals surface area contributed by atoms with Crippen LogP contribution in [0.15, 0.2) is 35.3 Å². The largest absolute Gasteiger partial charge is 0.419 e. The van der Waals surface area contributed by atoms with Crippen molar-refractivity contribution in [3.63, 3.8) is 0 Å². The molecule has 0 unspecified atom stereocenters. The Morgan fingerprint density at radius 3 is 2.56 bits per heavy atom. The molecule has 1 aromatic heterocycles. The zero-order chi connectivity index (χ0) is 13.3. The molecule has 0 atom stereocenters. The molecule has 2 nitrogen and oxygen atoms in total. The van der Waals surface area contributed by atoms with Crippen LogP contribution >= 0.6 is 15.9 Å². The number of aromatic nitrogens is 2. The summed E-state index contributed by atoms with van der Waals surface area (Å²) in [5.74, 6) is -1.24. The lowest BCUT2D eigenvalue weighted by atomic mass is 10.1. The highest BCUT2D eigenvalue weighted by molar-refractivity contribution is 9.10. The number of alkyl halides is 3. The molecule has 0 aliphatic rings. The molecule has 0 spiro atoms. The molecule has 0 radical (unpaired) electrons. The fraction of sp³-hybridized carbons (Fsp3) is 0.182. The monoisotopic (exact) mass is 322 g/mol. The van der Waals surface area contributed by atoms with Crippen molar-refractivity contribution in [1.82, 2.24) is 9.55 Å². The van der Waals surface area contributed by atoms with E-state index >= 15 is 0 Å². The van der Waals surface area contributed by atoms with Gasteiger partial charge in [0, 0.05) is 18.0 Å². The van der Waals surface area contributed by atoms with E-state index in [2.05, 4.69) is 20.9 Å². The zero-order valence-corrected chi connectivity index (χ0v) is 10.5. The average molecular weight is 323 g/mol. The highest BCUT2D eigenvalue weighted by Crippen LogP contribution is 2.32. The minimum absolute atomic E-state index is 0.0175. The summed E-state index contributed by atoms with van der Waals surface area (Å²) < 4.78 is 53.2. The second-order valence-corrected chi connectivity index (χ2v) is 4.31. The van der Waals surface area contributed by atoms with Gasteiger partial charge in [-0.2, -0.15) is 13.2 Å².